The minimum atomic E-state index is -1.16. The highest BCUT2D eigenvalue weighted by atomic mass is 32.1. The highest BCUT2D eigenvalue weighted by Gasteiger charge is 2.27. The molecule has 0 aliphatic rings. The average molecular weight is 417 g/mol. The second kappa shape index (κ2) is 9.23. The van der Waals surface area contributed by atoms with Gasteiger partial charge in [-0.3, -0.25) is 0 Å². The molecule has 1 unspecified atom stereocenters. The molecule has 156 valence electrons. The molecule has 0 spiro atoms. The minimum absolute atomic E-state index is 0.253. The normalized spacial score (nSPS) is 14.0. The number of aromatic nitrogens is 3. The third-order valence-corrected chi connectivity index (χ3v) is 5.61. The zero-order valence-electron chi connectivity index (χ0n) is 17.3. The maximum absolute atomic E-state index is 10.8. The predicted molar refractivity (Wildman–Crippen MR) is 114 cm³/mol. The lowest BCUT2D eigenvalue weighted by Gasteiger charge is -2.23. The molecule has 1 atom stereocenters. The SMILES string of the molecule is Cc1ccc(C(C)(O)CNC(=NCc2nnc(C)n2C)NCCc2cccs2)o1. The van der Waals surface area contributed by atoms with Crippen molar-refractivity contribution < 1.29 is 9.52 Å². The molecule has 0 aliphatic heterocycles. The van der Waals surface area contributed by atoms with Crippen molar-refractivity contribution in [3.63, 3.8) is 0 Å². The van der Waals surface area contributed by atoms with Gasteiger partial charge in [0.05, 0.1) is 6.54 Å². The van der Waals surface area contributed by atoms with Gasteiger partial charge >= 0.3 is 0 Å². The topological polar surface area (TPSA) is 101 Å². The highest BCUT2D eigenvalue weighted by Crippen LogP contribution is 2.21. The summed E-state index contributed by atoms with van der Waals surface area (Å²) in [5.41, 5.74) is -1.16. The Morgan fingerprint density at radius 1 is 1.28 bits per heavy atom. The summed E-state index contributed by atoms with van der Waals surface area (Å²) in [6.45, 7) is 6.84. The van der Waals surface area contributed by atoms with E-state index in [0.717, 1.165) is 30.4 Å². The first-order valence-electron chi connectivity index (χ1n) is 9.54. The summed E-state index contributed by atoms with van der Waals surface area (Å²) in [5, 5.41) is 27.6. The molecule has 0 radical (unpaired) electrons. The molecule has 3 heterocycles. The van der Waals surface area contributed by atoms with E-state index in [1.54, 1.807) is 24.3 Å². The van der Waals surface area contributed by atoms with E-state index in [2.05, 4.69) is 37.3 Å². The molecule has 3 aromatic rings. The maximum Gasteiger partial charge on any atom is 0.191 e. The standard InChI is InChI=1S/C20H28N6O2S/c1-14-7-8-17(28-14)20(3,27)13-23-19(21-10-9-16-6-5-11-29-16)22-12-18-25-24-15(2)26(18)4/h5-8,11,27H,9-10,12-13H2,1-4H3,(H2,21,22,23). The van der Waals surface area contributed by atoms with E-state index in [9.17, 15) is 5.11 Å². The van der Waals surface area contributed by atoms with Crippen molar-refractivity contribution >= 4 is 17.3 Å². The van der Waals surface area contributed by atoms with Gasteiger partial charge in [0.2, 0.25) is 0 Å². The Hall–Kier alpha value is -2.65. The van der Waals surface area contributed by atoms with Gasteiger partial charge in [-0.25, -0.2) is 4.99 Å². The molecule has 3 rings (SSSR count). The Balaban J connectivity index is 1.65. The summed E-state index contributed by atoms with van der Waals surface area (Å²) < 4.78 is 7.50. The first-order chi connectivity index (χ1) is 13.8. The van der Waals surface area contributed by atoms with Crippen molar-refractivity contribution in [1.82, 2.24) is 25.4 Å². The second-order valence-electron chi connectivity index (χ2n) is 7.18. The molecule has 0 amide bonds. The van der Waals surface area contributed by atoms with E-state index >= 15 is 0 Å². The molecule has 8 nitrogen and oxygen atoms in total. The summed E-state index contributed by atoms with van der Waals surface area (Å²) in [6, 6.07) is 7.80. The molecule has 0 saturated heterocycles. The van der Waals surface area contributed by atoms with Gasteiger partial charge in [-0.15, -0.1) is 21.5 Å². The molecule has 0 aromatic carbocycles. The van der Waals surface area contributed by atoms with E-state index in [4.69, 9.17) is 4.42 Å². The van der Waals surface area contributed by atoms with E-state index in [-0.39, 0.29) is 6.54 Å². The maximum atomic E-state index is 10.8. The third kappa shape index (κ3) is 5.68. The Kier molecular flexibility index (Phi) is 6.71. The van der Waals surface area contributed by atoms with Crippen LogP contribution in [-0.4, -0.2) is 38.9 Å². The zero-order chi connectivity index (χ0) is 20.9. The number of aryl methyl sites for hydroxylation is 2. The number of furan rings is 1. The molecular weight excluding hydrogens is 388 g/mol. The summed E-state index contributed by atoms with van der Waals surface area (Å²) in [6.07, 6.45) is 0.898. The van der Waals surface area contributed by atoms with Crippen LogP contribution >= 0.6 is 11.3 Å². The molecule has 3 N–H and O–H groups in total. The van der Waals surface area contributed by atoms with Crippen LogP contribution in [0.1, 0.15) is 35.0 Å². The zero-order valence-corrected chi connectivity index (χ0v) is 18.1. The van der Waals surface area contributed by atoms with Gasteiger partial charge in [0.25, 0.3) is 0 Å². The summed E-state index contributed by atoms with van der Waals surface area (Å²) in [5.74, 6) is 3.50. The minimum Gasteiger partial charge on any atom is -0.463 e. The molecule has 3 aromatic heterocycles. The molecule has 0 saturated carbocycles. The van der Waals surface area contributed by atoms with Crippen LogP contribution in [-0.2, 0) is 25.6 Å². The number of hydrogen-bond acceptors (Lipinski definition) is 6. The van der Waals surface area contributed by atoms with Crippen molar-refractivity contribution in [2.75, 3.05) is 13.1 Å². The van der Waals surface area contributed by atoms with Crippen LogP contribution in [0.3, 0.4) is 0 Å². The van der Waals surface area contributed by atoms with E-state index in [0.29, 0.717) is 18.3 Å². The number of nitrogens with one attached hydrogen (secondary N) is 2. The van der Waals surface area contributed by atoms with Crippen LogP contribution < -0.4 is 10.6 Å². The van der Waals surface area contributed by atoms with E-state index in [1.165, 1.54) is 4.88 Å². The number of hydrogen-bond donors (Lipinski definition) is 3. The van der Waals surface area contributed by atoms with Crippen LogP contribution in [0.5, 0.6) is 0 Å². The van der Waals surface area contributed by atoms with Crippen molar-refractivity contribution in [3.8, 4) is 0 Å². The first-order valence-corrected chi connectivity index (χ1v) is 10.4. The number of guanidine groups is 1. The number of aliphatic hydroxyl groups is 1. The fourth-order valence-corrected chi connectivity index (χ4v) is 3.45. The highest BCUT2D eigenvalue weighted by molar-refractivity contribution is 7.09. The van der Waals surface area contributed by atoms with Crippen LogP contribution in [0.4, 0.5) is 0 Å². The summed E-state index contributed by atoms with van der Waals surface area (Å²) in [4.78, 5) is 5.93. The number of thiophene rings is 1. The average Bonchev–Trinajstić information content (AvgIpc) is 3.42. The van der Waals surface area contributed by atoms with Crippen molar-refractivity contribution in [2.24, 2.45) is 12.0 Å². The predicted octanol–water partition coefficient (Wildman–Crippen LogP) is 2.27. The molecule has 0 bridgehead atoms. The lowest BCUT2D eigenvalue weighted by Crippen LogP contribution is -2.45. The largest absolute Gasteiger partial charge is 0.463 e. The van der Waals surface area contributed by atoms with E-state index in [1.807, 2.05) is 37.6 Å². The number of aliphatic imine (C=N–C) groups is 1. The summed E-state index contributed by atoms with van der Waals surface area (Å²) >= 11 is 1.73. The fraction of sp³-hybridized carbons (Fsp3) is 0.450. The Morgan fingerprint density at radius 2 is 2.10 bits per heavy atom. The van der Waals surface area contributed by atoms with Crippen LogP contribution in [0.25, 0.3) is 0 Å². The Labute approximate surface area is 174 Å². The van der Waals surface area contributed by atoms with Gasteiger partial charge in [-0.1, -0.05) is 6.07 Å². The quantitative estimate of drug-likeness (QED) is 0.385. The number of rotatable bonds is 8. The van der Waals surface area contributed by atoms with Crippen LogP contribution in [0.2, 0.25) is 0 Å². The van der Waals surface area contributed by atoms with Crippen LogP contribution in [0.15, 0.2) is 39.1 Å². The van der Waals surface area contributed by atoms with Gasteiger partial charge in [0.15, 0.2) is 11.8 Å². The lowest BCUT2D eigenvalue weighted by molar-refractivity contribution is 0.0378. The van der Waals surface area contributed by atoms with Crippen molar-refractivity contribution in [3.05, 3.63) is 57.7 Å². The molecule has 9 heteroatoms. The Morgan fingerprint density at radius 3 is 2.72 bits per heavy atom. The van der Waals surface area contributed by atoms with Crippen LogP contribution in [0, 0.1) is 13.8 Å². The number of nitrogens with zero attached hydrogens (tertiary/aromatic N) is 4. The van der Waals surface area contributed by atoms with Gasteiger partial charge in [0.1, 0.15) is 29.5 Å². The fourth-order valence-electron chi connectivity index (χ4n) is 2.74. The molecule has 29 heavy (non-hydrogen) atoms. The Bertz CT molecular complexity index is 942. The molecule has 0 aliphatic carbocycles. The van der Waals surface area contributed by atoms with Gasteiger partial charge in [-0.05, 0) is 50.8 Å². The lowest BCUT2D eigenvalue weighted by atomic mass is 10.0. The first kappa shape index (κ1) is 21.1. The van der Waals surface area contributed by atoms with Gasteiger partial charge in [0, 0.05) is 18.5 Å². The molecule has 0 fully saturated rings. The van der Waals surface area contributed by atoms with E-state index < -0.39 is 5.60 Å². The van der Waals surface area contributed by atoms with Crippen molar-refractivity contribution in [1.29, 1.82) is 0 Å². The molecular formula is C20H28N6O2S. The third-order valence-electron chi connectivity index (χ3n) is 4.68. The van der Waals surface area contributed by atoms with Gasteiger partial charge in [-0.2, -0.15) is 0 Å². The second-order valence-corrected chi connectivity index (χ2v) is 8.21. The smallest absolute Gasteiger partial charge is 0.191 e. The monoisotopic (exact) mass is 416 g/mol. The van der Waals surface area contributed by atoms with Crippen molar-refractivity contribution in [2.45, 2.75) is 39.3 Å². The van der Waals surface area contributed by atoms with Gasteiger partial charge < -0.3 is 24.7 Å². The summed E-state index contributed by atoms with van der Waals surface area (Å²) in [7, 11) is 1.92.